The van der Waals surface area contributed by atoms with Crippen molar-refractivity contribution in [2.75, 3.05) is 19.7 Å². The molecule has 4 nitrogen and oxygen atoms in total. The summed E-state index contributed by atoms with van der Waals surface area (Å²) in [6.07, 6.45) is 6.62. The molecule has 4 heteroatoms. The number of piperidine rings is 1. The third-order valence-electron chi connectivity index (χ3n) is 5.33. The summed E-state index contributed by atoms with van der Waals surface area (Å²) in [6, 6.07) is 0.224. The van der Waals surface area contributed by atoms with Crippen LogP contribution in [-0.4, -0.2) is 36.8 Å². The van der Waals surface area contributed by atoms with Crippen LogP contribution in [0.3, 0.4) is 0 Å². The maximum Gasteiger partial charge on any atom is 0.223 e. The van der Waals surface area contributed by atoms with Crippen LogP contribution in [0.15, 0.2) is 0 Å². The number of amides is 1. The first-order valence-electron chi connectivity index (χ1n) is 7.37. The quantitative estimate of drug-likeness (QED) is 0.691. The maximum absolute atomic E-state index is 12.3. The molecule has 3 unspecified atom stereocenters. The Labute approximate surface area is 109 Å². The highest BCUT2D eigenvalue weighted by Crippen LogP contribution is 2.58. The number of hydrogen-bond donors (Lipinski definition) is 3. The smallest absolute Gasteiger partial charge is 0.223 e. The molecule has 3 aliphatic rings. The maximum atomic E-state index is 12.3. The molecule has 0 bridgehead atoms. The Balaban J connectivity index is 1.53. The molecule has 3 fully saturated rings. The molecule has 0 radical (unpaired) electrons. The second-order valence-electron chi connectivity index (χ2n) is 6.36. The van der Waals surface area contributed by atoms with Crippen LogP contribution in [0.2, 0.25) is 0 Å². The number of carbonyl (C=O) groups is 1. The fourth-order valence-electron chi connectivity index (χ4n) is 3.92. The lowest BCUT2D eigenvalue weighted by molar-refractivity contribution is -0.124. The van der Waals surface area contributed by atoms with E-state index in [2.05, 4.69) is 10.6 Å². The Morgan fingerprint density at radius 3 is 2.83 bits per heavy atom. The molecule has 3 rings (SSSR count). The predicted octanol–water partition coefficient (Wildman–Crippen LogP) is 0.653. The molecular weight excluding hydrogens is 228 g/mol. The monoisotopic (exact) mass is 252 g/mol. The van der Waals surface area contributed by atoms with Gasteiger partial charge in [-0.1, -0.05) is 6.42 Å². The van der Waals surface area contributed by atoms with Gasteiger partial charge < -0.3 is 15.7 Å². The Morgan fingerprint density at radius 1 is 1.33 bits per heavy atom. The average Bonchev–Trinajstić information content (AvgIpc) is 2.89. The molecule has 3 N–H and O–H groups in total. The molecule has 102 valence electrons. The largest absolute Gasteiger partial charge is 0.396 e. The van der Waals surface area contributed by atoms with Crippen LogP contribution >= 0.6 is 0 Å². The first kappa shape index (κ1) is 12.4. The van der Waals surface area contributed by atoms with Crippen LogP contribution in [0.4, 0.5) is 0 Å². The number of hydrogen-bond acceptors (Lipinski definition) is 3. The molecule has 3 atom stereocenters. The SMILES string of the molecule is O=C(NC1CCCC1CO)C1CC12CCNCC2. The van der Waals surface area contributed by atoms with E-state index in [1.54, 1.807) is 0 Å². The molecule has 1 amide bonds. The minimum Gasteiger partial charge on any atom is -0.396 e. The molecule has 1 spiro atoms. The number of aliphatic hydroxyl groups is 1. The van der Waals surface area contributed by atoms with E-state index in [4.69, 9.17) is 0 Å². The predicted molar refractivity (Wildman–Crippen MR) is 69.0 cm³/mol. The average molecular weight is 252 g/mol. The Bertz CT molecular complexity index is 326. The molecule has 18 heavy (non-hydrogen) atoms. The third kappa shape index (κ3) is 2.16. The summed E-state index contributed by atoms with van der Waals surface area (Å²) in [5, 5.41) is 15.8. The van der Waals surface area contributed by atoms with Crippen LogP contribution in [0.1, 0.15) is 38.5 Å². The van der Waals surface area contributed by atoms with Crippen LogP contribution in [-0.2, 0) is 4.79 Å². The molecule has 1 aliphatic heterocycles. The highest BCUT2D eigenvalue weighted by Gasteiger charge is 2.57. The van der Waals surface area contributed by atoms with E-state index in [9.17, 15) is 9.90 Å². The van der Waals surface area contributed by atoms with Gasteiger partial charge in [-0.25, -0.2) is 0 Å². The van der Waals surface area contributed by atoms with Crippen molar-refractivity contribution in [2.45, 2.75) is 44.6 Å². The lowest BCUT2D eigenvalue weighted by Gasteiger charge is -2.24. The van der Waals surface area contributed by atoms with Crippen molar-refractivity contribution >= 4 is 5.91 Å². The first-order chi connectivity index (χ1) is 8.75. The second kappa shape index (κ2) is 4.82. The number of nitrogens with one attached hydrogen (secondary N) is 2. The van der Waals surface area contributed by atoms with Crippen molar-refractivity contribution in [3.63, 3.8) is 0 Å². The van der Waals surface area contributed by atoms with Gasteiger partial charge in [-0.3, -0.25) is 4.79 Å². The zero-order valence-electron chi connectivity index (χ0n) is 11.0. The van der Waals surface area contributed by atoms with Crippen molar-refractivity contribution in [1.29, 1.82) is 0 Å². The molecular formula is C14H24N2O2. The van der Waals surface area contributed by atoms with E-state index < -0.39 is 0 Å². The summed E-state index contributed by atoms with van der Waals surface area (Å²) in [5.41, 5.74) is 0.322. The summed E-state index contributed by atoms with van der Waals surface area (Å²) in [4.78, 5) is 12.3. The topological polar surface area (TPSA) is 61.4 Å². The number of rotatable bonds is 3. The molecule has 0 aromatic rings. The van der Waals surface area contributed by atoms with Crippen molar-refractivity contribution in [3.8, 4) is 0 Å². The van der Waals surface area contributed by atoms with Gasteiger partial charge in [0.25, 0.3) is 0 Å². The van der Waals surface area contributed by atoms with Crippen LogP contribution in [0, 0.1) is 17.3 Å². The van der Waals surface area contributed by atoms with E-state index in [1.807, 2.05) is 0 Å². The zero-order chi connectivity index (χ0) is 12.6. The summed E-state index contributed by atoms with van der Waals surface area (Å²) in [5.74, 6) is 0.790. The van der Waals surface area contributed by atoms with Gasteiger partial charge >= 0.3 is 0 Å². The van der Waals surface area contributed by atoms with Gasteiger partial charge in [0.1, 0.15) is 0 Å². The molecule has 2 saturated carbocycles. The molecule has 2 aliphatic carbocycles. The van der Waals surface area contributed by atoms with Crippen molar-refractivity contribution in [2.24, 2.45) is 17.3 Å². The molecule has 1 heterocycles. The summed E-state index contributed by atoms with van der Waals surface area (Å²) >= 11 is 0. The Kier molecular flexibility index (Phi) is 3.32. The van der Waals surface area contributed by atoms with E-state index in [1.165, 1.54) is 0 Å². The Hall–Kier alpha value is -0.610. The summed E-state index contributed by atoms with van der Waals surface area (Å²) in [7, 11) is 0. The van der Waals surface area contributed by atoms with Crippen molar-refractivity contribution in [1.82, 2.24) is 10.6 Å². The normalized spacial score (nSPS) is 37.7. The van der Waals surface area contributed by atoms with Gasteiger partial charge in [-0.2, -0.15) is 0 Å². The van der Waals surface area contributed by atoms with E-state index in [0.29, 0.717) is 5.41 Å². The first-order valence-corrected chi connectivity index (χ1v) is 7.37. The standard InChI is InChI=1S/C14H24N2O2/c17-9-10-2-1-3-12(10)16-13(18)11-8-14(11)4-6-15-7-5-14/h10-12,15,17H,1-9H2,(H,16,18). The van der Waals surface area contributed by atoms with Gasteiger partial charge in [0, 0.05) is 24.5 Å². The fraction of sp³-hybridized carbons (Fsp3) is 0.929. The second-order valence-corrected chi connectivity index (χ2v) is 6.36. The van der Waals surface area contributed by atoms with E-state index in [-0.39, 0.29) is 30.4 Å². The van der Waals surface area contributed by atoms with Crippen LogP contribution < -0.4 is 10.6 Å². The van der Waals surface area contributed by atoms with Gasteiger partial charge in [0.05, 0.1) is 0 Å². The van der Waals surface area contributed by atoms with E-state index >= 15 is 0 Å². The van der Waals surface area contributed by atoms with Crippen LogP contribution in [0.5, 0.6) is 0 Å². The molecule has 0 aromatic heterocycles. The summed E-state index contributed by atoms with van der Waals surface area (Å²) < 4.78 is 0. The lowest BCUT2D eigenvalue weighted by atomic mass is 9.91. The fourth-order valence-corrected chi connectivity index (χ4v) is 3.92. The lowest BCUT2D eigenvalue weighted by Crippen LogP contribution is -2.41. The highest BCUT2D eigenvalue weighted by atomic mass is 16.3. The van der Waals surface area contributed by atoms with Crippen molar-refractivity contribution in [3.05, 3.63) is 0 Å². The zero-order valence-corrected chi connectivity index (χ0v) is 11.0. The van der Waals surface area contributed by atoms with Gasteiger partial charge in [-0.15, -0.1) is 0 Å². The Morgan fingerprint density at radius 2 is 2.11 bits per heavy atom. The minimum absolute atomic E-state index is 0.213. The number of carbonyl (C=O) groups excluding carboxylic acids is 1. The summed E-state index contributed by atoms with van der Waals surface area (Å²) in [6.45, 7) is 2.34. The van der Waals surface area contributed by atoms with Crippen LogP contribution in [0.25, 0.3) is 0 Å². The highest BCUT2D eigenvalue weighted by molar-refractivity contribution is 5.83. The van der Waals surface area contributed by atoms with Gasteiger partial charge in [0.2, 0.25) is 5.91 Å². The molecule has 1 saturated heterocycles. The van der Waals surface area contributed by atoms with Crippen molar-refractivity contribution < 1.29 is 9.90 Å². The van der Waals surface area contributed by atoms with E-state index in [0.717, 1.165) is 51.6 Å². The van der Waals surface area contributed by atoms with Gasteiger partial charge in [0.15, 0.2) is 0 Å². The molecule has 0 aromatic carbocycles. The third-order valence-corrected chi connectivity index (χ3v) is 5.33. The minimum atomic E-state index is 0.213. The van der Waals surface area contributed by atoms with Gasteiger partial charge in [-0.05, 0) is 50.6 Å². The number of aliphatic hydroxyl groups excluding tert-OH is 1.